The van der Waals surface area contributed by atoms with E-state index >= 15 is 0 Å². The molecule has 1 atom stereocenters. The molecule has 3 amide bonds. The van der Waals surface area contributed by atoms with Crippen molar-refractivity contribution in [3.63, 3.8) is 0 Å². The Bertz CT molecular complexity index is 1080. The highest BCUT2D eigenvalue weighted by Crippen LogP contribution is 2.21. The second-order valence-corrected chi connectivity index (χ2v) is 7.03. The first-order valence-corrected chi connectivity index (χ1v) is 9.14. The summed E-state index contributed by atoms with van der Waals surface area (Å²) < 4.78 is 52.5. The van der Waals surface area contributed by atoms with E-state index in [0.29, 0.717) is 0 Å². The molecule has 32 heavy (non-hydrogen) atoms. The fourth-order valence-electron chi connectivity index (χ4n) is 2.76. The summed E-state index contributed by atoms with van der Waals surface area (Å²) in [5.41, 5.74) is 3.85. The molecule has 4 N–H and O–H groups in total. The van der Waals surface area contributed by atoms with Crippen molar-refractivity contribution in [1.82, 2.24) is 14.9 Å². The van der Waals surface area contributed by atoms with Gasteiger partial charge in [0.15, 0.2) is 0 Å². The number of hydrogen-bond acceptors (Lipinski definition) is 5. The zero-order valence-corrected chi connectivity index (χ0v) is 16.9. The SMILES string of the molecule is CC(C)C(NC(=O)Cn1c(-c2ccc(F)cc2)ncc(NC(N)=O)c1=O)C(=O)C(F)(F)F. The molecule has 0 radical (unpaired) electrons. The van der Waals surface area contributed by atoms with Crippen LogP contribution in [0.4, 0.5) is 28.0 Å². The van der Waals surface area contributed by atoms with Gasteiger partial charge in [0, 0.05) is 5.56 Å². The molecule has 0 aliphatic carbocycles. The summed E-state index contributed by atoms with van der Waals surface area (Å²) in [6, 6.07) is 1.68. The van der Waals surface area contributed by atoms with E-state index in [4.69, 9.17) is 5.73 Å². The summed E-state index contributed by atoms with van der Waals surface area (Å²) in [5.74, 6) is -4.86. The Kier molecular flexibility index (Phi) is 7.33. The first-order valence-electron chi connectivity index (χ1n) is 9.14. The number of halogens is 4. The average molecular weight is 457 g/mol. The maximum atomic E-state index is 13.3. The lowest BCUT2D eigenvalue weighted by molar-refractivity contribution is -0.174. The highest BCUT2D eigenvalue weighted by Gasteiger charge is 2.45. The number of nitrogens with one attached hydrogen (secondary N) is 2. The van der Waals surface area contributed by atoms with Crippen molar-refractivity contribution in [2.45, 2.75) is 32.6 Å². The molecule has 172 valence electrons. The molecule has 1 aromatic heterocycles. The minimum atomic E-state index is -5.18. The summed E-state index contributed by atoms with van der Waals surface area (Å²) in [7, 11) is 0. The molecular weight excluding hydrogens is 438 g/mol. The number of carbonyl (C=O) groups is 3. The Balaban J connectivity index is 2.46. The van der Waals surface area contributed by atoms with E-state index in [1.165, 1.54) is 26.0 Å². The lowest BCUT2D eigenvalue weighted by Gasteiger charge is -2.23. The number of anilines is 1. The van der Waals surface area contributed by atoms with Gasteiger partial charge in [0.25, 0.3) is 11.3 Å². The molecule has 0 aliphatic heterocycles. The number of nitrogens with two attached hydrogens (primary N) is 1. The van der Waals surface area contributed by atoms with Crippen LogP contribution in [-0.2, 0) is 16.1 Å². The number of nitrogens with zero attached hydrogens (tertiary/aromatic N) is 2. The third-order valence-corrected chi connectivity index (χ3v) is 4.25. The van der Waals surface area contributed by atoms with Crippen LogP contribution in [0.5, 0.6) is 0 Å². The van der Waals surface area contributed by atoms with Gasteiger partial charge >= 0.3 is 12.2 Å². The van der Waals surface area contributed by atoms with Crippen LogP contribution in [0.2, 0.25) is 0 Å². The molecule has 1 unspecified atom stereocenters. The smallest absolute Gasteiger partial charge is 0.351 e. The van der Waals surface area contributed by atoms with Crippen molar-refractivity contribution in [3.8, 4) is 11.4 Å². The maximum Gasteiger partial charge on any atom is 0.452 e. The van der Waals surface area contributed by atoms with Gasteiger partial charge < -0.3 is 16.4 Å². The standard InChI is InChI=1S/C19H19F4N5O4/c1-9(2)14(15(30)19(21,22)23)27-13(29)8-28-16(10-3-5-11(20)6-4-10)25-7-12(17(28)31)26-18(24)32/h3-7,9,14H,8H2,1-2H3,(H,27,29)(H3,24,26,32). The summed E-state index contributed by atoms with van der Waals surface area (Å²) in [5, 5.41) is 4.00. The number of carbonyl (C=O) groups excluding carboxylic acids is 3. The summed E-state index contributed by atoms with van der Waals surface area (Å²) in [4.78, 5) is 52.0. The Labute approximate surface area is 178 Å². The lowest BCUT2D eigenvalue weighted by Crippen LogP contribution is -2.51. The van der Waals surface area contributed by atoms with Crippen LogP contribution in [0.25, 0.3) is 11.4 Å². The van der Waals surface area contributed by atoms with Crippen LogP contribution in [0.1, 0.15) is 13.8 Å². The van der Waals surface area contributed by atoms with Crippen molar-refractivity contribution in [2.75, 3.05) is 5.32 Å². The number of hydrogen-bond donors (Lipinski definition) is 3. The Morgan fingerprint density at radius 1 is 1.16 bits per heavy atom. The fourth-order valence-corrected chi connectivity index (χ4v) is 2.76. The molecule has 1 aromatic carbocycles. The van der Waals surface area contributed by atoms with Gasteiger partial charge in [-0.15, -0.1) is 0 Å². The molecule has 0 saturated heterocycles. The van der Waals surface area contributed by atoms with Gasteiger partial charge in [0.05, 0.1) is 12.2 Å². The van der Waals surface area contributed by atoms with Crippen molar-refractivity contribution in [2.24, 2.45) is 11.7 Å². The monoisotopic (exact) mass is 457 g/mol. The zero-order valence-electron chi connectivity index (χ0n) is 16.9. The third kappa shape index (κ3) is 5.89. The molecule has 13 heteroatoms. The topological polar surface area (TPSA) is 136 Å². The molecule has 0 fully saturated rings. The molecule has 0 spiro atoms. The first-order chi connectivity index (χ1) is 14.8. The van der Waals surface area contributed by atoms with E-state index in [0.717, 1.165) is 22.9 Å². The Morgan fingerprint density at radius 3 is 2.25 bits per heavy atom. The normalized spacial score (nSPS) is 12.3. The molecule has 0 aliphatic rings. The number of Topliss-reactive ketones (excluding diaryl/α,β-unsaturated/α-hetero) is 1. The summed E-state index contributed by atoms with van der Waals surface area (Å²) in [6.45, 7) is 1.77. The van der Waals surface area contributed by atoms with E-state index in [9.17, 15) is 36.7 Å². The maximum absolute atomic E-state index is 13.3. The quantitative estimate of drug-likeness (QED) is 0.545. The number of aromatic nitrogens is 2. The number of alkyl halides is 3. The van der Waals surface area contributed by atoms with Crippen LogP contribution in [0.3, 0.4) is 0 Å². The van der Waals surface area contributed by atoms with Gasteiger partial charge in [-0.2, -0.15) is 13.2 Å². The Hall–Kier alpha value is -3.77. The highest BCUT2D eigenvalue weighted by atomic mass is 19.4. The van der Waals surface area contributed by atoms with E-state index in [1.807, 2.05) is 10.6 Å². The van der Waals surface area contributed by atoms with Crippen molar-refractivity contribution in [3.05, 3.63) is 46.6 Å². The van der Waals surface area contributed by atoms with Crippen LogP contribution >= 0.6 is 0 Å². The number of rotatable bonds is 7. The minimum absolute atomic E-state index is 0.136. The number of amides is 3. The van der Waals surface area contributed by atoms with Gasteiger partial charge in [0.2, 0.25) is 5.91 Å². The predicted octanol–water partition coefficient (Wildman–Crippen LogP) is 1.81. The molecule has 0 bridgehead atoms. The zero-order chi connectivity index (χ0) is 24.2. The van der Waals surface area contributed by atoms with Crippen molar-refractivity contribution >= 4 is 23.4 Å². The fraction of sp³-hybridized carbons (Fsp3) is 0.316. The molecule has 2 rings (SSSR count). The first kappa shape index (κ1) is 24.5. The van der Waals surface area contributed by atoms with Crippen LogP contribution in [-0.4, -0.2) is 39.5 Å². The van der Waals surface area contributed by atoms with E-state index in [2.05, 4.69) is 4.98 Å². The lowest BCUT2D eigenvalue weighted by atomic mass is 9.99. The number of primary amides is 1. The number of ketones is 1. The summed E-state index contributed by atoms with van der Waals surface area (Å²) >= 11 is 0. The Morgan fingerprint density at radius 2 is 1.75 bits per heavy atom. The van der Waals surface area contributed by atoms with Gasteiger partial charge in [-0.3, -0.25) is 19.0 Å². The molecular formula is C19H19F4N5O4. The van der Waals surface area contributed by atoms with Crippen molar-refractivity contribution < 1.29 is 31.9 Å². The average Bonchev–Trinajstić information content (AvgIpc) is 2.68. The minimum Gasteiger partial charge on any atom is -0.351 e. The third-order valence-electron chi connectivity index (χ3n) is 4.25. The highest BCUT2D eigenvalue weighted by molar-refractivity contribution is 5.93. The van der Waals surface area contributed by atoms with Crippen LogP contribution in [0.15, 0.2) is 35.3 Å². The second kappa shape index (κ2) is 9.58. The van der Waals surface area contributed by atoms with E-state index in [-0.39, 0.29) is 11.4 Å². The van der Waals surface area contributed by atoms with Gasteiger partial charge in [-0.05, 0) is 30.2 Å². The van der Waals surface area contributed by atoms with E-state index < -0.39 is 59.5 Å². The number of benzene rings is 1. The summed E-state index contributed by atoms with van der Waals surface area (Å²) in [6.07, 6.45) is -4.21. The van der Waals surface area contributed by atoms with Gasteiger partial charge in [0.1, 0.15) is 23.9 Å². The van der Waals surface area contributed by atoms with Crippen molar-refractivity contribution in [1.29, 1.82) is 0 Å². The largest absolute Gasteiger partial charge is 0.452 e. The molecule has 1 heterocycles. The molecule has 2 aromatic rings. The number of urea groups is 1. The molecule has 9 nitrogen and oxygen atoms in total. The van der Waals surface area contributed by atoms with Crippen LogP contribution in [0, 0.1) is 11.7 Å². The van der Waals surface area contributed by atoms with Crippen LogP contribution < -0.4 is 21.9 Å². The van der Waals surface area contributed by atoms with Gasteiger partial charge in [-0.25, -0.2) is 14.2 Å². The molecule has 0 saturated carbocycles. The predicted molar refractivity (Wildman–Crippen MR) is 105 cm³/mol. The van der Waals surface area contributed by atoms with Gasteiger partial charge in [-0.1, -0.05) is 13.8 Å². The van der Waals surface area contributed by atoms with E-state index in [1.54, 1.807) is 0 Å². The second-order valence-electron chi connectivity index (χ2n) is 7.03.